The molecule has 2 heterocycles. The van der Waals surface area contributed by atoms with E-state index in [1.807, 2.05) is 60.9 Å². The van der Waals surface area contributed by atoms with Crippen molar-refractivity contribution < 1.29 is 13.9 Å². The Morgan fingerprint density at radius 3 is 2.63 bits per heavy atom. The Morgan fingerprint density at radius 2 is 1.89 bits per heavy atom. The van der Waals surface area contributed by atoms with E-state index in [-0.39, 0.29) is 12.6 Å². The van der Waals surface area contributed by atoms with E-state index in [0.717, 1.165) is 16.5 Å². The zero-order chi connectivity index (χ0) is 18.6. The normalized spacial score (nSPS) is 10.9. The molecule has 134 valence electrons. The van der Waals surface area contributed by atoms with Gasteiger partial charge < -0.3 is 9.15 Å². The highest BCUT2D eigenvalue weighted by atomic mass is 32.2. The van der Waals surface area contributed by atoms with Gasteiger partial charge >= 0.3 is 5.97 Å². The summed E-state index contributed by atoms with van der Waals surface area (Å²) in [5.74, 6) is 0.234. The maximum Gasteiger partial charge on any atom is 0.339 e. The predicted molar refractivity (Wildman–Crippen MR) is 107 cm³/mol. The van der Waals surface area contributed by atoms with Crippen LogP contribution in [0.1, 0.15) is 15.9 Å². The number of rotatable bonds is 5. The molecule has 0 N–H and O–H groups in total. The van der Waals surface area contributed by atoms with Crippen molar-refractivity contribution in [1.82, 2.24) is 4.98 Å². The van der Waals surface area contributed by atoms with E-state index in [4.69, 9.17) is 9.15 Å². The first kappa shape index (κ1) is 17.4. The number of fused-ring (bicyclic) bond motifs is 1. The van der Waals surface area contributed by atoms with E-state index in [0.29, 0.717) is 17.0 Å². The zero-order valence-corrected chi connectivity index (χ0v) is 15.5. The van der Waals surface area contributed by atoms with Crippen molar-refractivity contribution >= 4 is 28.6 Å². The monoisotopic (exact) mass is 375 g/mol. The summed E-state index contributed by atoms with van der Waals surface area (Å²) >= 11 is 1.68. The fourth-order valence-electron chi connectivity index (χ4n) is 2.84. The number of carbonyl (C=O) groups is 1. The molecule has 0 aliphatic carbocycles. The Labute approximate surface area is 161 Å². The number of ether oxygens (including phenoxy) is 1. The second kappa shape index (κ2) is 7.68. The number of thioether (sulfide) groups is 1. The molecule has 2 aromatic carbocycles. The molecule has 4 nitrogen and oxygen atoms in total. The second-order valence-electron chi connectivity index (χ2n) is 5.97. The highest BCUT2D eigenvalue weighted by Crippen LogP contribution is 2.26. The number of nitrogens with zero attached hydrogens (tertiary/aromatic N) is 1. The number of pyridine rings is 1. The topological polar surface area (TPSA) is 52.3 Å². The molecule has 0 unspecified atom stereocenters. The standard InChI is InChI=1S/C22H17NO3S/c1-27-16-10-8-15(9-11-16)14-26-22(24)18-13-20(21-7-4-12-25-21)23-19-6-3-2-5-17(18)19/h2-13H,14H2,1H3. The lowest BCUT2D eigenvalue weighted by Crippen LogP contribution is -2.07. The van der Waals surface area contributed by atoms with E-state index in [1.165, 1.54) is 4.90 Å². The van der Waals surface area contributed by atoms with Crippen LogP contribution in [0.2, 0.25) is 0 Å². The van der Waals surface area contributed by atoms with Gasteiger partial charge in [-0.05, 0) is 48.2 Å². The van der Waals surface area contributed by atoms with Crippen molar-refractivity contribution in [2.45, 2.75) is 11.5 Å². The van der Waals surface area contributed by atoms with E-state index in [9.17, 15) is 4.79 Å². The molecule has 0 aliphatic heterocycles. The molecule has 0 saturated carbocycles. The molecule has 0 radical (unpaired) electrons. The first-order valence-corrected chi connectivity index (χ1v) is 9.71. The minimum atomic E-state index is -0.379. The molecule has 0 spiro atoms. The molecule has 0 atom stereocenters. The summed E-state index contributed by atoms with van der Waals surface area (Å²) in [6, 6.07) is 20.8. The van der Waals surface area contributed by atoms with E-state index in [1.54, 1.807) is 30.2 Å². The van der Waals surface area contributed by atoms with E-state index < -0.39 is 0 Å². The number of esters is 1. The van der Waals surface area contributed by atoms with Crippen LogP contribution in [0.25, 0.3) is 22.4 Å². The van der Waals surface area contributed by atoms with E-state index >= 15 is 0 Å². The SMILES string of the molecule is CSc1ccc(COC(=O)c2cc(-c3ccco3)nc3ccccc23)cc1. The smallest absolute Gasteiger partial charge is 0.339 e. The van der Waals surface area contributed by atoms with Gasteiger partial charge in [0.25, 0.3) is 0 Å². The summed E-state index contributed by atoms with van der Waals surface area (Å²) in [6.45, 7) is 0.222. The summed E-state index contributed by atoms with van der Waals surface area (Å²) in [5, 5.41) is 0.760. The number of benzene rings is 2. The van der Waals surface area contributed by atoms with Gasteiger partial charge in [-0.15, -0.1) is 11.8 Å². The Balaban J connectivity index is 1.63. The van der Waals surface area contributed by atoms with Gasteiger partial charge in [-0.25, -0.2) is 9.78 Å². The number of carbonyl (C=O) groups excluding carboxylic acids is 1. The molecule has 0 aliphatic rings. The number of aromatic nitrogens is 1. The van der Waals surface area contributed by atoms with Crippen LogP contribution in [0.3, 0.4) is 0 Å². The molecule has 0 saturated heterocycles. The van der Waals surface area contributed by atoms with Gasteiger partial charge in [0.1, 0.15) is 12.3 Å². The van der Waals surface area contributed by atoms with Crippen LogP contribution in [0.15, 0.2) is 82.3 Å². The van der Waals surface area contributed by atoms with Crippen LogP contribution in [-0.2, 0) is 11.3 Å². The Bertz CT molecular complexity index is 1070. The van der Waals surface area contributed by atoms with Gasteiger partial charge in [0.05, 0.1) is 17.3 Å². The second-order valence-corrected chi connectivity index (χ2v) is 6.85. The highest BCUT2D eigenvalue weighted by molar-refractivity contribution is 7.98. The summed E-state index contributed by atoms with van der Waals surface area (Å²) in [7, 11) is 0. The third kappa shape index (κ3) is 3.73. The van der Waals surface area contributed by atoms with Gasteiger partial charge in [-0.3, -0.25) is 0 Å². The third-order valence-electron chi connectivity index (χ3n) is 4.24. The molecule has 27 heavy (non-hydrogen) atoms. The molecule has 4 rings (SSSR count). The molecular weight excluding hydrogens is 358 g/mol. The zero-order valence-electron chi connectivity index (χ0n) is 14.7. The molecule has 2 aromatic heterocycles. The number of hydrogen-bond donors (Lipinski definition) is 0. The average molecular weight is 375 g/mol. The summed E-state index contributed by atoms with van der Waals surface area (Å²) < 4.78 is 11.0. The molecule has 0 bridgehead atoms. The van der Waals surface area contributed by atoms with Crippen LogP contribution in [0.4, 0.5) is 0 Å². The Kier molecular flexibility index (Phi) is 4.94. The van der Waals surface area contributed by atoms with Crippen molar-refractivity contribution in [2.24, 2.45) is 0 Å². The lowest BCUT2D eigenvalue weighted by Gasteiger charge is -2.09. The summed E-state index contributed by atoms with van der Waals surface area (Å²) in [5.41, 5.74) is 2.76. The molecule has 4 aromatic rings. The van der Waals surface area contributed by atoms with Gasteiger partial charge in [-0.1, -0.05) is 30.3 Å². The van der Waals surface area contributed by atoms with Crippen LogP contribution in [-0.4, -0.2) is 17.2 Å². The number of hydrogen-bond acceptors (Lipinski definition) is 5. The van der Waals surface area contributed by atoms with Crippen LogP contribution < -0.4 is 0 Å². The van der Waals surface area contributed by atoms with Crippen LogP contribution in [0, 0.1) is 0 Å². The highest BCUT2D eigenvalue weighted by Gasteiger charge is 2.16. The van der Waals surface area contributed by atoms with Crippen LogP contribution >= 0.6 is 11.8 Å². The first-order valence-electron chi connectivity index (χ1n) is 8.48. The maximum absolute atomic E-state index is 12.8. The molecule has 0 fully saturated rings. The lowest BCUT2D eigenvalue weighted by molar-refractivity contribution is 0.0475. The van der Waals surface area contributed by atoms with Gasteiger partial charge in [0.15, 0.2) is 5.76 Å². The van der Waals surface area contributed by atoms with Gasteiger partial charge in [0.2, 0.25) is 0 Å². The lowest BCUT2D eigenvalue weighted by atomic mass is 10.1. The Hall–Kier alpha value is -3.05. The largest absolute Gasteiger partial charge is 0.463 e. The van der Waals surface area contributed by atoms with Crippen LogP contribution in [0.5, 0.6) is 0 Å². The first-order chi connectivity index (χ1) is 13.2. The number of para-hydroxylation sites is 1. The van der Waals surface area contributed by atoms with Crippen molar-refractivity contribution in [3.63, 3.8) is 0 Å². The molecular formula is C22H17NO3S. The quantitative estimate of drug-likeness (QED) is 0.337. The number of furan rings is 1. The average Bonchev–Trinajstić information content (AvgIpc) is 3.26. The summed E-state index contributed by atoms with van der Waals surface area (Å²) in [4.78, 5) is 18.6. The maximum atomic E-state index is 12.8. The van der Waals surface area contributed by atoms with Gasteiger partial charge in [-0.2, -0.15) is 0 Å². The van der Waals surface area contributed by atoms with Gasteiger partial charge in [0, 0.05) is 10.3 Å². The summed E-state index contributed by atoms with van der Waals surface area (Å²) in [6.07, 6.45) is 3.61. The fraction of sp³-hybridized carbons (Fsp3) is 0.0909. The van der Waals surface area contributed by atoms with Crippen molar-refractivity contribution in [1.29, 1.82) is 0 Å². The van der Waals surface area contributed by atoms with Crippen molar-refractivity contribution in [3.8, 4) is 11.5 Å². The minimum absolute atomic E-state index is 0.222. The van der Waals surface area contributed by atoms with Crippen molar-refractivity contribution in [2.75, 3.05) is 6.26 Å². The molecule has 0 amide bonds. The fourth-order valence-corrected chi connectivity index (χ4v) is 3.25. The third-order valence-corrected chi connectivity index (χ3v) is 4.98. The Morgan fingerprint density at radius 1 is 1.07 bits per heavy atom. The van der Waals surface area contributed by atoms with E-state index in [2.05, 4.69) is 4.98 Å². The molecule has 5 heteroatoms. The van der Waals surface area contributed by atoms with Crippen molar-refractivity contribution in [3.05, 3.63) is 84.1 Å². The predicted octanol–water partition coefficient (Wildman–Crippen LogP) is 5.57. The minimum Gasteiger partial charge on any atom is -0.463 e.